The molecule has 0 unspecified atom stereocenters. The third kappa shape index (κ3) is 2.35. The molecule has 0 aromatic heterocycles. The number of hydrogen-bond donors (Lipinski definition) is 5. The Hall–Kier alpha value is -0.530. The molecule has 0 saturated carbocycles. The molecule has 1 heterocycles. The van der Waals surface area contributed by atoms with E-state index in [0.717, 1.165) is 0 Å². The van der Waals surface area contributed by atoms with Crippen molar-refractivity contribution in [3.8, 4) is 0 Å². The van der Waals surface area contributed by atoms with Gasteiger partial charge in [-0.25, -0.2) is 0 Å². The second-order valence-electron chi connectivity index (χ2n) is 3.65. The third-order valence-corrected chi connectivity index (χ3v) is 2.87. The van der Waals surface area contributed by atoms with Crippen LogP contribution in [0.15, 0.2) is 4.99 Å². The van der Waals surface area contributed by atoms with Crippen LogP contribution in [0.2, 0.25) is 0 Å². The summed E-state index contributed by atoms with van der Waals surface area (Å²) >= 11 is 0. The van der Waals surface area contributed by atoms with Crippen LogP contribution in [0.3, 0.4) is 0 Å². The zero-order valence-corrected chi connectivity index (χ0v) is 8.32. The van der Waals surface area contributed by atoms with Crippen molar-refractivity contribution in [2.45, 2.75) is 12.1 Å². The Bertz CT molecular complexity index is 233. The Morgan fingerprint density at radius 2 is 1.67 bits per heavy atom. The normalized spacial score (nSPS) is 36.5. The molecule has 0 aliphatic carbocycles. The van der Waals surface area contributed by atoms with Crippen LogP contribution in [0.1, 0.15) is 0 Å². The topological polar surface area (TPSA) is 114 Å². The smallest absolute Gasteiger partial charge is 0.0992 e. The lowest BCUT2D eigenvalue weighted by atomic mass is 9.80. The van der Waals surface area contributed by atoms with Gasteiger partial charge in [0.25, 0.3) is 0 Å². The number of aliphatic imine (C=N–C) groups is 1. The first kappa shape index (κ1) is 12.5. The van der Waals surface area contributed by atoms with Gasteiger partial charge in [-0.05, 0) is 0 Å². The first-order valence-corrected chi connectivity index (χ1v) is 4.87. The fourth-order valence-corrected chi connectivity index (χ4v) is 1.94. The average molecular weight is 219 g/mol. The molecule has 0 aromatic rings. The maximum atomic E-state index is 9.72. The maximum Gasteiger partial charge on any atom is 0.0992 e. The van der Waals surface area contributed by atoms with Crippen LogP contribution in [0.4, 0.5) is 0 Å². The summed E-state index contributed by atoms with van der Waals surface area (Å²) in [7, 11) is 0. The SMILES string of the molecule is OCC1=N[C@H](CO)[C@H](O)[C@H](CO)[C@@H]1CO. The molecule has 0 bridgehead atoms. The molecule has 1 aliphatic rings. The standard InChI is InChI=1S/C9H17NO5/c11-1-5-6(2-12)9(15)8(4-14)10-7(5)3-13/h5-6,8-9,11-15H,1-4H2/t5-,6+,8+,9+/m0/s1. The Kier molecular flexibility index (Phi) is 4.62. The molecule has 0 spiro atoms. The minimum absolute atomic E-state index is 0.292. The van der Waals surface area contributed by atoms with Crippen molar-refractivity contribution in [3.05, 3.63) is 0 Å². The van der Waals surface area contributed by atoms with E-state index in [1.807, 2.05) is 0 Å². The van der Waals surface area contributed by atoms with Crippen molar-refractivity contribution in [2.75, 3.05) is 26.4 Å². The molecule has 88 valence electrons. The van der Waals surface area contributed by atoms with E-state index in [1.54, 1.807) is 0 Å². The zero-order chi connectivity index (χ0) is 11.4. The van der Waals surface area contributed by atoms with Crippen molar-refractivity contribution in [3.63, 3.8) is 0 Å². The van der Waals surface area contributed by atoms with E-state index >= 15 is 0 Å². The highest BCUT2D eigenvalue weighted by Gasteiger charge is 2.39. The zero-order valence-electron chi connectivity index (χ0n) is 8.32. The van der Waals surface area contributed by atoms with Crippen molar-refractivity contribution in [1.82, 2.24) is 0 Å². The molecule has 0 amide bonds. The molecule has 1 aliphatic heterocycles. The summed E-state index contributed by atoms with van der Waals surface area (Å²) in [5, 5.41) is 45.9. The van der Waals surface area contributed by atoms with Gasteiger partial charge in [-0.2, -0.15) is 0 Å². The van der Waals surface area contributed by atoms with E-state index in [0.29, 0.717) is 5.71 Å². The summed E-state index contributed by atoms with van der Waals surface area (Å²) in [5.74, 6) is -1.13. The predicted molar refractivity (Wildman–Crippen MR) is 52.6 cm³/mol. The summed E-state index contributed by atoms with van der Waals surface area (Å²) in [5.41, 5.74) is 0.320. The largest absolute Gasteiger partial charge is 0.396 e. The van der Waals surface area contributed by atoms with Gasteiger partial charge in [-0.15, -0.1) is 0 Å². The Morgan fingerprint density at radius 1 is 1.00 bits per heavy atom. The number of rotatable bonds is 4. The molecule has 0 fully saturated rings. The second-order valence-corrected chi connectivity index (χ2v) is 3.65. The predicted octanol–water partition coefficient (Wildman–Crippen LogP) is -2.63. The van der Waals surface area contributed by atoms with Gasteiger partial charge >= 0.3 is 0 Å². The van der Waals surface area contributed by atoms with E-state index in [9.17, 15) is 5.11 Å². The van der Waals surface area contributed by atoms with E-state index in [4.69, 9.17) is 20.4 Å². The van der Waals surface area contributed by atoms with Crippen LogP contribution >= 0.6 is 0 Å². The second kappa shape index (κ2) is 5.53. The molecule has 6 heteroatoms. The lowest BCUT2D eigenvalue weighted by Crippen LogP contribution is -2.49. The molecule has 0 aromatic carbocycles. The van der Waals surface area contributed by atoms with Crippen molar-refractivity contribution >= 4 is 5.71 Å². The number of aliphatic hydroxyl groups excluding tert-OH is 5. The lowest BCUT2D eigenvalue weighted by Gasteiger charge is -2.36. The summed E-state index contributed by atoms with van der Waals surface area (Å²) in [6.07, 6.45) is -0.993. The molecule has 0 radical (unpaired) electrons. The van der Waals surface area contributed by atoms with Gasteiger partial charge in [0.15, 0.2) is 0 Å². The van der Waals surface area contributed by atoms with Crippen LogP contribution < -0.4 is 0 Å². The van der Waals surface area contributed by atoms with Crippen LogP contribution in [-0.4, -0.2) is 69.8 Å². The van der Waals surface area contributed by atoms with E-state index in [1.165, 1.54) is 0 Å². The van der Waals surface area contributed by atoms with Gasteiger partial charge in [0, 0.05) is 24.2 Å². The number of hydrogen-bond acceptors (Lipinski definition) is 6. The van der Waals surface area contributed by atoms with Crippen LogP contribution in [0, 0.1) is 11.8 Å². The first-order valence-electron chi connectivity index (χ1n) is 4.87. The molecule has 0 saturated heterocycles. The van der Waals surface area contributed by atoms with Crippen LogP contribution in [0.5, 0.6) is 0 Å². The maximum absolute atomic E-state index is 9.72. The Morgan fingerprint density at radius 3 is 2.07 bits per heavy atom. The van der Waals surface area contributed by atoms with Gasteiger partial charge in [0.2, 0.25) is 0 Å². The molecule has 5 N–H and O–H groups in total. The molecule has 4 atom stereocenters. The van der Waals surface area contributed by atoms with Gasteiger partial charge in [-0.1, -0.05) is 0 Å². The summed E-state index contributed by atoms with van der Waals surface area (Å²) in [4.78, 5) is 3.95. The number of nitrogens with zero attached hydrogens (tertiary/aromatic N) is 1. The fraction of sp³-hybridized carbons (Fsp3) is 0.889. The van der Waals surface area contributed by atoms with Gasteiger partial charge in [0.05, 0.1) is 32.0 Å². The monoisotopic (exact) mass is 219 g/mol. The highest BCUT2D eigenvalue weighted by molar-refractivity contribution is 5.89. The van der Waals surface area contributed by atoms with Crippen LogP contribution in [-0.2, 0) is 0 Å². The summed E-state index contributed by atoms with van der Waals surface area (Å²) in [6, 6.07) is -0.730. The molecule has 15 heavy (non-hydrogen) atoms. The Balaban J connectivity index is 2.95. The molecular weight excluding hydrogens is 202 g/mol. The first-order chi connectivity index (χ1) is 7.19. The highest BCUT2D eigenvalue weighted by Crippen LogP contribution is 2.26. The summed E-state index contributed by atoms with van der Waals surface area (Å²) < 4.78 is 0. The quantitative estimate of drug-likeness (QED) is 0.355. The minimum atomic E-state index is -0.993. The number of aliphatic hydroxyl groups is 5. The van der Waals surface area contributed by atoms with Crippen molar-refractivity contribution < 1.29 is 25.5 Å². The van der Waals surface area contributed by atoms with Gasteiger partial charge in [-0.3, -0.25) is 4.99 Å². The van der Waals surface area contributed by atoms with E-state index in [2.05, 4.69) is 4.99 Å². The van der Waals surface area contributed by atoms with Crippen LogP contribution in [0.25, 0.3) is 0 Å². The molecular formula is C9H17NO5. The highest BCUT2D eigenvalue weighted by atomic mass is 16.3. The third-order valence-electron chi connectivity index (χ3n) is 2.87. The molecule has 6 nitrogen and oxygen atoms in total. The van der Waals surface area contributed by atoms with Crippen molar-refractivity contribution in [1.29, 1.82) is 0 Å². The van der Waals surface area contributed by atoms with Gasteiger partial charge in [0.1, 0.15) is 0 Å². The lowest BCUT2D eigenvalue weighted by molar-refractivity contribution is -0.00263. The Labute approximate surface area is 87.5 Å². The molecule has 1 rings (SSSR count). The summed E-state index contributed by atoms with van der Waals surface area (Å²) in [6.45, 7) is -1.30. The van der Waals surface area contributed by atoms with E-state index in [-0.39, 0.29) is 26.4 Å². The minimum Gasteiger partial charge on any atom is -0.396 e. The van der Waals surface area contributed by atoms with E-state index < -0.39 is 24.0 Å². The fourth-order valence-electron chi connectivity index (χ4n) is 1.94. The van der Waals surface area contributed by atoms with Crippen molar-refractivity contribution in [2.24, 2.45) is 16.8 Å². The van der Waals surface area contributed by atoms with Gasteiger partial charge < -0.3 is 25.5 Å². The average Bonchev–Trinajstić information content (AvgIpc) is 2.28.